The van der Waals surface area contributed by atoms with Gasteiger partial charge in [-0.1, -0.05) is 37.6 Å². The molecule has 4 N–H and O–H groups in total. The summed E-state index contributed by atoms with van der Waals surface area (Å²) in [4.78, 5) is 54.6. The average molecular weight is 559 g/mol. The van der Waals surface area contributed by atoms with Gasteiger partial charge in [0.05, 0.1) is 12.1 Å². The molecule has 5 atom stereocenters. The fourth-order valence-corrected chi connectivity index (χ4v) is 5.79. The van der Waals surface area contributed by atoms with Crippen LogP contribution in [0.4, 0.5) is 9.59 Å². The number of amides is 4. The molecule has 0 spiro atoms. The molecule has 4 rings (SSSR count). The van der Waals surface area contributed by atoms with Crippen LogP contribution >= 0.6 is 0 Å². The summed E-state index contributed by atoms with van der Waals surface area (Å²) in [6, 6.07) is 5.42. The van der Waals surface area contributed by atoms with E-state index in [2.05, 4.69) is 10.6 Å². The van der Waals surface area contributed by atoms with Crippen LogP contribution in [0.25, 0.3) is 0 Å². The highest BCUT2D eigenvalue weighted by atomic mass is 16.6. The summed E-state index contributed by atoms with van der Waals surface area (Å²) in [5, 5.41) is 26.4. The van der Waals surface area contributed by atoms with Crippen molar-refractivity contribution in [2.24, 2.45) is 5.92 Å². The highest BCUT2D eigenvalue weighted by Gasteiger charge is 2.48. The van der Waals surface area contributed by atoms with E-state index in [1.165, 1.54) is 9.80 Å². The van der Waals surface area contributed by atoms with Gasteiger partial charge in [0.2, 0.25) is 5.91 Å². The molecule has 3 aliphatic rings. The summed E-state index contributed by atoms with van der Waals surface area (Å²) in [5.74, 6) is -1.39. The predicted molar refractivity (Wildman–Crippen MR) is 146 cm³/mol. The van der Waals surface area contributed by atoms with Gasteiger partial charge in [0.1, 0.15) is 11.6 Å². The first-order valence-electron chi connectivity index (χ1n) is 14.3. The molecule has 220 valence electrons. The number of nitrogens with zero attached hydrogens (tertiary/aromatic N) is 2. The first kappa shape index (κ1) is 29.6. The number of nitrogens with one attached hydrogen (secondary N) is 2. The van der Waals surface area contributed by atoms with Crippen molar-refractivity contribution in [2.45, 2.75) is 102 Å². The molecule has 0 bridgehead atoms. The lowest BCUT2D eigenvalue weighted by molar-refractivity contribution is -0.133. The number of likely N-dealkylation sites (tertiary alicyclic amines) is 1. The van der Waals surface area contributed by atoms with Crippen LogP contribution in [0.3, 0.4) is 0 Å². The zero-order chi connectivity index (χ0) is 29.2. The third kappa shape index (κ3) is 6.86. The second-order valence-electron chi connectivity index (χ2n) is 12.1. The normalized spacial score (nSPS) is 24.1. The Labute approximate surface area is 235 Å². The summed E-state index contributed by atoms with van der Waals surface area (Å²) in [7, 11) is 0. The van der Waals surface area contributed by atoms with Crippen LogP contribution in [-0.2, 0) is 20.7 Å². The van der Waals surface area contributed by atoms with E-state index in [0.29, 0.717) is 25.8 Å². The number of carbonyl (C=O) groups is 4. The van der Waals surface area contributed by atoms with Crippen molar-refractivity contribution in [1.29, 1.82) is 0 Å². The topological polar surface area (TPSA) is 149 Å². The van der Waals surface area contributed by atoms with E-state index < -0.39 is 53.8 Å². The largest absolute Gasteiger partial charge is 0.465 e. The quantitative estimate of drug-likeness (QED) is 0.383. The minimum Gasteiger partial charge on any atom is -0.465 e. The molecule has 0 radical (unpaired) electrons. The molecule has 3 unspecified atom stereocenters. The van der Waals surface area contributed by atoms with Crippen molar-refractivity contribution >= 4 is 24.0 Å². The summed E-state index contributed by atoms with van der Waals surface area (Å²) in [6.07, 6.45) is 0.380. The Bertz CT molecular complexity index is 1120. The minimum absolute atomic E-state index is 0.0638. The highest BCUT2D eigenvalue weighted by Crippen LogP contribution is 2.42. The van der Waals surface area contributed by atoms with Gasteiger partial charge in [-0.15, -0.1) is 0 Å². The average Bonchev–Trinajstić information content (AvgIpc) is 3.59. The van der Waals surface area contributed by atoms with E-state index in [0.717, 1.165) is 24.0 Å². The van der Waals surface area contributed by atoms with E-state index in [9.17, 15) is 29.4 Å². The number of rotatable bonds is 8. The van der Waals surface area contributed by atoms with Crippen LogP contribution in [0.1, 0.15) is 77.0 Å². The Kier molecular flexibility index (Phi) is 8.92. The molecular weight excluding hydrogens is 516 g/mol. The van der Waals surface area contributed by atoms with Crippen LogP contribution in [0, 0.1) is 5.92 Å². The Balaban J connectivity index is 1.60. The number of aliphatic hydroxyl groups excluding tert-OH is 1. The number of hydrogen-bond acceptors (Lipinski definition) is 6. The molecular formula is C29H42N4O7. The van der Waals surface area contributed by atoms with Gasteiger partial charge in [-0.25, -0.2) is 9.59 Å². The molecule has 1 saturated heterocycles. The van der Waals surface area contributed by atoms with Gasteiger partial charge in [0.15, 0.2) is 6.10 Å². The molecule has 0 aromatic heterocycles. The van der Waals surface area contributed by atoms with Crippen molar-refractivity contribution in [3.05, 3.63) is 35.4 Å². The van der Waals surface area contributed by atoms with Gasteiger partial charge in [-0.05, 0) is 64.0 Å². The second-order valence-corrected chi connectivity index (χ2v) is 12.1. The summed E-state index contributed by atoms with van der Waals surface area (Å²) < 4.78 is 5.63. The van der Waals surface area contributed by atoms with Gasteiger partial charge in [0, 0.05) is 25.0 Å². The van der Waals surface area contributed by atoms with Crippen LogP contribution in [-0.4, -0.2) is 86.9 Å². The number of aliphatic hydroxyl groups is 1. The summed E-state index contributed by atoms with van der Waals surface area (Å²) in [6.45, 7) is 7.55. The van der Waals surface area contributed by atoms with Crippen LogP contribution in [0.15, 0.2) is 24.3 Å². The lowest BCUT2D eigenvalue weighted by atomic mass is 9.83. The fourth-order valence-electron chi connectivity index (χ4n) is 5.79. The monoisotopic (exact) mass is 558 g/mol. The molecule has 1 saturated carbocycles. The second kappa shape index (κ2) is 12.0. The lowest BCUT2D eigenvalue weighted by Gasteiger charge is -2.38. The molecule has 11 nitrogen and oxygen atoms in total. The Hall–Kier alpha value is -3.34. The molecule has 1 aromatic rings. The molecule has 2 aliphatic heterocycles. The first-order valence-corrected chi connectivity index (χ1v) is 14.3. The van der Waals surface area contributed by atoms with E-state index >= 15 is 0 Å². The molecule has 1 aromatic carbocycles. The Morgan fingerprint density at radius 3 is 2.45 bits per heavy atom. The van der Waals surface area contributed by atoms with Crippen molar-refractivity contribution < 1.29 is 34.1 Å². The predicted octanol–water partition coefficient (Wildman–Crippen LogP) is 2.81. The number of fused-ring (bicyclic) bond motifs is 1. The minimum atomic E-state index is -1.43. The lowest BCUT2D eigenvalue weighted by Crippen LogP contribution is -2.55. The molecule has 2 heterocycles. The van der Waals surface area contributed by atoms with Crippen molar-refractivity contribution in [3.63, 3.8) is 0 Å². The zero-order valence-corrected chi connectivity index (χ0v) is 23.8. The standard InChI is InChI=1S/C29H42N4O7/c1-5-8-21(24(34)26(36)30-19-11-12-19)31-25(35)22-15-18(16-33(22)28(39)40-29(2,3)4)23-20-10-7-6-9-17(20)13-14-32(23)27(37)38/h6-7,9-10,18-19,21-24,34H,5,8,11-16H2,1-4H3,(H,30,36)(H,31,35)(H,37,38)/t18-,21?,22+,23?,24?/m1/s1. The Morgan fingerprint density at radius 1 is 1.12 bits per heavy atom. The number of benzene rings is 1. The van der Waals surface area contributed by atoms with Gasteiger partial charge in [-0.2, -0.15) is 0 Å². The van der Waals surface area contributed by atoms with Crippen molar-refractivity contribution in [3.8, 4) is 0 Å². The Morgan fingerprint density at radius 2 is 1.82 bits per heavy atom. The SMILES string of the molecule is CCCC(NC(=O)[C@@H]1C[C@@H](C2c3ccccc3CCN2C(=O)O)CN1C(=O)OC(C)(C)C)C(O)C(=O)NC1CC1. The number of carbonyl (C=O) groups excluding carboxylic acids is 3. The van der Waals surface area contributed by atoms with E-state index in [1.54, 1.807) is 20.8 Å². The maximum Gasteiger partial charge on any atom is 0.410 e. The fraction of sp³-hybridized carbons (Fsp3) is 0.655. The number of ether oxygens (including phenoxy) is 1. The number of hydrogen-bond donors (Lipinski definition) is 4. The van der Waals surface area contributed by atoms with E-state index in [4.69, 9.17) is 4.74 Å². The van der Waals surface area contributed by atoms with Crippen LogP contribution in [0.5, 0.6) is 0 Å². The molecule has 4 amide bonds. The summed E-state index contributed by atoms with van der Waals surface area (Å²) in [5.41, 5.74) is 1.12. The molecule has 1 aliphatic carbocycles. The van der Waals surface area contributed by atoms with Crippen LogP contribution < -0.4 is 10.6 Å². The van der Waals surface area contributed by atoms with Gasteiger partial charge in [-0.3, -0.25) is 14.5 Å². The van der Waals surface area contributed by atoms with Crippen molar-refractivity contribution in [2.75, 3.05) is 13.1 Å². The van der Waals surface area contributed by atoms with Gasteiger partial charge < -0.3 is 30.5 Å². The third-order valence-corrected chi connectivity index (χ3v) is 7.79. The molecule has 40 heavy (non-hydrogen) atoms. The van der Waals surface area contributed by atoms with Gasteiger partial charge in [0.25, 0.3) is 5.91 Å². The zero-order valence-electron chi connectivity index (χ0n) is 23.8. The van der Waals surface area contributed by atoms with E-state index in [-0.39, 0.29) is 24.9 Å². The molecule has 11 heteroatoms. The van der Waals surface area contributed by atoms with Crippen molar-refractivity contribution in [1.82, 2.24) is 20.4 Å². The van der Waals surface area contributed by atoms with E-state index in [1.807, 2.05) is 31.2 Å². The highest BCUT2D eigenvalue weighted by molar-refractivity contribution is 5.88. The molecule has 2 fully saturated rings. The number of carboxylic acid groups (broad SMARTS) is 1. The van der Waals surface area contributed by atoms with Crippen LogP contribution in [0.2, 0.25) is 0 Å². The van der Waals surface area contributed by atoms with Gasteiger partial charge >= 0.3 is 12.2 Å². The first-order chi connectivity index (χ1) is 18.9. The smallest absolute Gasteiger partial charge is 0.410 e. The third-order valence-electron chi connectivity index (χ3n) is 7.79. The maximum atomic E-state index is 13.7. The maximum absolute atomic E-state index is 13.7. The summed E-state index contributed by atoms with van der Waals surface area (Å²) >= 11 is 0.